The van der Waals surface area contributed by atoms with E-state index in [-0.39, 0.29) is 23.7 Å². The van der Waals surface area contributed by atoms with Gasteiger partial charge in [0, 0.05) is 5.75 Å². The molecule has 0 unspecified atom stereocenters. The van der Waals surface area contributed by atoms with E-state index < -0.39 is 0 Å². The molecule has 0 aromatic heterocycles. The quantitative estimate of drug-likeness (QED) is 0.943. The Morgan fingerprint density at radius 1 is 1.05 bits per heavy atom. The van der Waals surface area contributed by atoms with Crippen molar-refractivity contribution in [3.63, 3.8) is 0 Å². The molecule has 2 fully saturated rings. The van der Waals surface area contributed by atoms with E-state index in [9.17, 15) is 5.11 Å². The number of nitrogens with zero attached hydrogens (tertiary/aromatic N) is 1. The number of ether oxygens (including phenoxy) is 1. The fraction of sp³-hybridized carbons (Fsp3) is 0.333. The maximum atomic E-state index is 10.0. The maximum Gasteiger partial charge on any atom is 0.138 e. The van der Waals surface area contributed by atoms with Crippen LogP contribution in [-0.4, -0.2) is 34.5 Å². The van der Waals surface area contributed by atoms with Crippen molar-refractivity contribution < 1.29 is 9.84 Å². The summed E-state index contributed by atoms with van der Waals surface area (Å²) in [4.78, 5) is 2.36. The van der Waals surface area contributed by atoms with Gasteiger partial charge in [-0.3, -0.25) is 0 Å². The second-order valence-corrected chi connectivity index (χ2v) is 7.01. The number of hydrogen-bond donors (Lipinski definition) is 1. The van der Waals surface area contributed by atoms with Gasteiger partial charge in [0.05, 0.1) is 24.1 Å². The smallest absolute Gasteiger partial charge is 0.138 e. The zero-order valence-corrected chi connectivity index (χ0v) is 13.1. The van der Waals surface area contributed by atoms with Crippen molar-refractivity contribution in [1.82, 2.24) is 4.90 Å². The lowest BCUT2D eigenvalue weighted by Gasteiger charge is -2.34. The van der Waals surface area contributed by atoms with Gasteiger partial charge in [0.2, 0.25) is 0 Å². The van der Waals surface area contributed by atoms with Gasteiger partial charge in [-0.15, -0.1) is 11.8 Å². The van der Waals surface area contributed by atoms with Gasteiger partial charge in [-0.2, -0.15) is 0 Å². The molecule has 3 nitrogen and oxygen atoms in total. The zero-order chi connectivity index (χ0) is 15.0. The van der Waals surface area contributed by atoms with Crippen molar-refractivity contribution >= 4 is 11.8 Å². The number of benzene rings is 2. The second-order valence-electron chi connectivity index (χ2n) is 5.94. The normalized spacial score (nSPS) is 31.3. The molecule has 3 atom stereocenters. The predicted molar refractivity (Wildman–Crippen MR) is 88.4 cm³/mol. The largest absolute Gasteiger partial charge is 0.394 e. The summed E-state index contributed by atoms with van der Waals surface area (Å²) >= 11 is 1.90. The standard InChI is InChI=1S/C18H19NO2S/c20-11-18-12-21-16(14-7-3-1-4-8-14)19(18)17(22-13-18)15-9-5-2-6-10-15/h1-10,16-17,20H,11-13H2/t16-,17+,18-/m0/s1. The summed E-state index contributed by atoms with van der Waals surface area (Å²) in [5, 5.41) is 10.2. The lowest BCUT2D eigenvalue weighted by molar-refractivity contribution is 0.0106. The highest BCUT2D eigenvalue weighted by Gasteiger charge is 2.55. The second kappa shape index (κ2) is 5.70. The molecule has 2 aliphatic heterocycles. The van der Waals surface area contributed by atoms with Crippen LogP contribution in [0.1, 0.15) is 22.7 Å². The molecule has 2 aliphatic rings. The van der Waals surface area contributed by atoms with Gasteiger partial charge in [-0.05, 0) is 11.1 Å². The Kier molecular flexibility index (Phi) is 3.70. The first-order valence-electron chi connectivity index (χ1n) is 7.56. The van der Waals surface area contributed by atoms with Crippen LogP contribution < -0.4 is 0 Å². The van der Waals surface area contributed by atoms with Gasteiger partial charge in [-0.1, -0.05) is 60.7 Å². The van der Waals surface area contributed by atoms with E-state index in [1.807, 2.05) is 36.0 Å². The van der Waals surface area contributed by atoms with Crippen molar-refractivity contribution in [2.75, 3.05) is 19.0 Å². The minimum atomic E-state index is -0.272. The number of hydrogen-bond acceptors (Lipinski definition) is 4. The van der Waals surface area contributed by atoms with Gasteiger partial charge in [0.15, 0.2) is 0 Å². The average molecular weight is 313 g/mol. The van der Waals surface area contributed by atoms with E-state index in [0.29, 0.717) is 6.61 Å². The summed E-state index contributed by atoms with van der Waals surface area (Å²) < 4.78 is 6.10. The summed E-state index contributed by atoms with van der Waals surface area (Å²) in [5.74, 6) is 0.895. The Bertz CT molecular complexity index is 583. The third kappa shape index (κ3) is 2.18. The van der Waals surface area contributed by atoms with Crippen molar-refractivity contribution in [3.05, 3.63) is 71.8 Å². The van der Waals surface area contributed by atoms with Gasteiger partial charge < -0.3 is 9.84 Å². The molecule has 0 radical (unpaired) electrons. The molecule has 2 saturated heterocycles. The lowest BCUT2D eigenvalue weighted by atomic mass is 10.0. The molecule has 0 spiro atoms. The fourth-order valence-electron chi connectivity index (χ4n) is 3.36. The molecule has 0 amide bonds. The molecular weight excluding hydrogens is 294 g/mol. The van der Waals surface area contributed by atoms with Crippen molar-refractivity contribution in [3.8, 4) is 0 Å². The molecule has 22 heavy (non-hydrogen) atoms. The van der Waals surface area contributed by atoms with E-state index in [0.717, 1.165) is 11.3 Å². The molecule has 2 aromatic rings. The SMILES string of the molecule is OC[C@@]12CO[C@@H](c3ccccc3)N1[C@@H](c1ccccc1)SC2. The Hall–Kier alpha value is -1.33. The van der Waals surface area contributed by atoms with Crippen LogP contribution in [0.25, 0.3) is 0 Å². The van der Waals surface area contributed by atoms with E-state index in [2.05, 4.69) is 41.3 Å². The molecule has 4 heteroatoms. The molecule has 1 N–H and O–H groups in total. The molecule has 4 rings (SSSR count). The number of aliphatic hydroxyl groups excluding tert-OH is 1. The highest BCUT2D eigenvalue weighted by atomic mass is 32.2. The van der Waals surface area contributed by atoms with E-state index in [1.165, 1.54) is 5.56 Å². The zero-order valence-electron chi connectivity index (χ0n) is 12.3. The topological polar surface area (TPSA) is 32.7 Å². The summed E-state index contributed by atoms with van der Waals surface area (Å²) in [6, 6.07) is 20.8. The van der Waals surface area contributed by atoms with Gasteiger partial charge in [0.25, 0.3) is 0 Å². The highest BCUT2D eigenvalue weighted by Crippen LogP contribution is 2.54. The van der Waals surface area contributed by atoms with Crippen LogP contribution in [0.15, 0.2) is 60.7 Å². The first kappa shape index (κ1) is 14.3. The highest BCUT2D eigenvalue weighted by molar-refractivity contribution is 7.99. The van der Waals surface area contributed by atoms with Crippen molar-refractivity contribution in [2.24, 2.45) is 0 Å². The molecule has 2 heterocycles. The fourth-order valence-corrected chi connectivity index (χ4v) is 5.00. The maximum absolute atomic E-state index is 10.0. The van der Waals surface area contributed by atoms with Crippen LogP contribution >= 0.6 is 11.8 Å². The molecule has 0 aliphatic carbocycles. The minimum absolute atomic E-state index is 0.0893. The molecule has 114 valence electrons. The molecule has 0 bridgehead atoms. The molecular formula is C18H19NO2S. The molecule has 0 saturated carbocycles. The predicted octanol–water partition coefficient (Wildman–Crippen LogP) is 3.19. The van der Waals surface area contributed by atoms with Gasteiger partial charge in [0.1, 0.15) is 6.23 Å². The monoisotopic (exact) mass is 313 g/mol. The third-order valence-corrected chi connectivity index (χ3v) is 6.06. The van der Waals surface area contributed by atoms with Gasteiger partial charge in [-0.25, -0.2) is 4.90 Å². The molecule has 2 aromatic carbocycles. The van der Waals surface area contributed by atoms with E-state index in [1.54, 1.807) is 0 Å². The Morgan fingerprint density at radius 3 is 2.32 bits per heavy atom. The summed E-state index contributed by atoms with van der Waals surface area (Å²) in [6.07, 6.45) is -0.0893. The van der Waals surface area contributed by atoms with Crippen molar-refractivity contribution in [2.45, 2.75) is 17.1 Å². The average Bonchev–Trinajstić information content (AvgIpc) is 3.14. The first-order chi connectivity index (χ1) is 10.8. The number of rotatable bonds is 3. The lowest BCUT2D eigenvalue weighted by Crippen LogP contribution is -2.47. The summed E-state index contributed by atoms with van der Waals surface area (Å²) in [7, 11) is 0. The van der Waals surface area contributed by atoms with E-state index in [4.69, 9.17) is 4.74 Å². The van der Waals surface area contributed by atoms with Crippen LogP contribution in [0.5, 0.6) is 0 Å². The minimum Gasteiger partial charge on any atom is -0.394 e. The number of aliphatic hydroxyl groups is 1. The Balaban J connectivity index is 1.74. The Labute approximate surface area is 134 Å². The van der Waals surface area contributed by atoms with Crippen LogP contribution in [0.4, 0.5) is 0 Å². The number of fused-ring (bicyclic) bond motifs is 1. The van der Waals surface area contributed by atoms with Crippen LogP contribution in [-0.2, 0) is 4.74 Å². The summed E-state index contributed by atoms with van der Waals surface area (Å²) in [5.41, 5.74) is 2.15. The van der Waals surface area contributed by atoms with Crippen LogP contribution in [0.2, 0.25) is 0 Å². The number of thioether (sulfide) groups is 1. The Morgan fingerprint density at radius 2 is 1.68 bits per heavy atom. The van der Waals surface area contributed by atoms with Crippen LogP contribution in [0.3, 0.4) is 0 Å². The third-order valence-electron chi connectivity index (χ3n) is 4.54. The first-order valence-corrected chi connectivity index (χ1v) is 8.61. The van der Waals surface area contributed by atoms with Gasteiger partial charge >= 0.3 is 0 Å². The van der Waals surface area contributed by atoms with Crippen molar-refractivity contribution in [1.29, 1.82) is 0 Å². The summed E-state index contributed by atoms with van der Waals surface area (Å²) in [6.45, 7) is 0.714. The van der Waals surface area contributed by atoms with Crippen LogP contribution in [0, 0.1) is 0 Å². The van der Waals surface area contributed by atoms with E-state index >= 15 is 0 Å².